The highest BCUT2D eigenvalue weighted by molar-refractivity contribution is 7.92. The number of carbonyl (C=O) groups excluding carboxylic acids is 1. The van der Waals surface area contributed by atoms with Gasteiger partial charge in [0.1, 0.15) is 0 Å². The van der Waals surface area contributed by atoms with Crippen LogP contribution in [0.15, 0.2) is 77.7 Å². The zero-order valence-electron chi connectivity index (χ0n) is 15.9. The lowest BCUT2D eigenvalue weighted by Crippen LogP contribution is -2.16. The molecule has 6 nitrogen and oxygen atoms in total. The molecule has 0 aromatic heterocycles. The molecule has 3 rings (SSSR count). The Hall–Kier alpha value is -3.03. The van der Waals surface area contributed by atoms with Gasteiger partial charge in [0.05, 0.1) is 15.6 Å². The van der Waals surface area contributed by atoms with E-state index in [1.54, 1.807) is 54.6 Å². The molecule has 0 fully saturated rings. The number of benzene rings is 3. The summed E-state index contributed by atoms with van der Waals surface area (Å²) >= 11 is 6.03. The van der Waals surface area contributed by atoms with Gasteiger partial charge in [0.15, 0.2) is 0 Å². The number of halogens is 1. The molecule has 0 atom stereocenters. The molecule has 3 aromatic rings. The lowest BCUT2D eigenvalue weighted by molar-refractivity contribution is 0.102. The average molecular weight is 430 g/mol. The van der Waals surface area contributed by atoms with Gasteiger partial charge in [0.2, 0.25) is 0 Å². The number of carbonyl (C=O) groups is 1. The van der Waals surface area contributed by atoms with E-state index < -0.39 is 10.0 Å². The predicted molar refractivity (Wildman–Crippen MR) is 117 cm³/mol. The lowest BCUT2D eigenvalue weighted by atomic mass is 10.1. The molecule has 0 aliphatic carbocycles. The zero-order valence-corrected chi connectivity index (χ0v) is 17.5. The van der Waals surface area contributed by atoms with Crippen molar-refractivity contribution in [3.05, 3.63) is 83.4 Å². The van der Waals surface area contributed by atoms with E-state index in [0.29, 0.717) is 16.3 Å². The van der Waals surface area contributed by atoms with Gasteiger partial charge in [-0.2, -0.15) is 0 Å². The summed E-state index contributed by atoms with van der Waals surface area (Å²) in [4.78, 5) is 14.5. The van der Waals surface area contributed by atoms with E-state index in [1.165, 1.54) is 12.1 Å². The molecule has 0 unspecified atom stereocenters. The first kappa shape index (κ1) is 20.7. The summed E-state index contributed by atoms with van der Waals surface area (Å²) in [6.45, 7) is 0. The predicted octanol–water partition coefficient (Wildman–Crippen LogP) is 4.46. The molecule has 0 aliphatic heterocycles. The van der Waals surface area contributed by atoms with Crippen LogP contribution in [0.3, 0.4) is 0 Å². The SMILES string of the molecule is CN(C)c1cccc(C(=O)Nc2cccc(S(=O)(=O)Nc3ccccc3Cl)c2)c1. The van der Waals surface area contributed by atoms with Crippen LogP contribution in [0.2, 0.25) is 5.02 Å². The van der Waals surface area contributed by atoms with Crippen LogP contribution >= 0.6 is 11.6 Å². The number of nitrogens with one attached hydrogen (secondary N) is 2. The Balaban J connectivity index is 1.81. The number of hydrogen-bond acceptors (Lipinski definition) is 4. The summed E-state index contributed by atoms with van der Waals surface area (Å²) in [6.07, 6.45) is 0. The normalized spacial score (nSPS) is 11.0. The second kappa shape index (κ2) is 8.55. The maximum Gasteiger partial charge on any atom is 0.262 e. The van der Waals surface area contributed by atoms with Crippen molar-refractivity contribution in [2.75, 3.05) is 29.0 Å². The highest BCUT2D eigenvalue weighted by atomic mass is 35.5. The van der Waals surface area contributed by atoms with Gasteiger partial charge in [-0.1, -0.05) is 35.9 Å². The Morgan fingerprint density at radius 2 is 1.66 bits per heavy atom. The first-order chi connectivity index (χ1) is 13.8. The monoisotopic (exact) mass is 429 g/mol. The summed E-state index contributed by atoms with van der Waals surface area (Å²) in [5, 5.41) is 3.03. The van der Waals surface area contributed by atoms with Crippen molar-refractivity contribution < 1.29 is 13.2 Å². The molecule has 29 heavy (non-hydrogen) atoms. The number of hydrogen-bond donors (Lipinski definition) is 2. The van der Waals surface area contributed by atoms with E-state index in [0.717, 1.165) is 5.69 Å². The van der Waals surface area contributed by atoms with Crippen molar-refractivity contribution in [3.8, 4) is 0 Å². The van der Waals surface area contributed by atoms with E-state index in [-0.39, 0.29) is 16.5 Å². The average Bonchev–Trinajstić information content (AvgIpc) is 2.70. The number of para-hydroxylation sites is 1. The molecule has 0 saturated carbocycles. The van der Waals surface area contributed by atoms with Gasteiger partial charge >= 0.3 is 0 Å². The van der Waals surface area contributed by atoms with Crippen LogP contribution in [-0.2, 0) is 10.0 Å². The molecule has 3 aromatic carbocycles. The molecule has 0 radical (unpaired) electrons. The van der Waals surface area contributed by atoms with Gasteiger partial charge in [0, 0.05) is 31.0 Å². The van der Waals surface area contributed by atoms with Crippen molar-refractivity contribution in [1.82, 2.24) is 0 Å². The molecular weight excluding hydrogens is 410 g/mol. The fourth-order valence-corrected chi connectivity index (χ4v) is 3.98. The van der Waals surface area contributed by atoms with Gasteiger partial charge in [-0.05, 0) is 48.5 Å². The number of rotatable bonds is 6. The molecular formula is C21H20ClN3O3S. The third-order valence-corrected chi connectivity index (χ3v) is 5.84. The number of sulfonamides is 1. The van der Waals surface area contributed by atoms with Gasteiger partial charge in [-0.25, -0.2) is 8.42 Å². The minimum atomic E-state index is -3.87. The zero-order chi connectivity index (χ0) is 21.0. The highest BCUT2D eigenvalue weighted by Gasteiger charge is 2.17. The maximum absolute atomic E-state index is 12.7. The standard InChI is InChI=1S/C21H20ClN3O3S/c1-25(2)17-9-5-7-15(13-17)21(26)23-16-8-6-10-18(14-16)29(27,28)24-20-12-4-3-11-19(20)22/h3-14,24H,1-2H3,(H,23,26). The summed E-state index contributed by atoms with van der Waals surface area (Å²) < 4.78 is 27.8. The molecule has 150 valence electrons. The molecule has 0 heterocycles. The van der Waals surface area contributed by atoms with Crippen LogP contribution in [0.1, 0.15) is 10.4 Å². The number of anilines is 3. The van der Waals surface area contributed by atoms with Crippen molar-refractivity contribution in [2.24, 2.45) is 0 Å². The number of amides is 1. The van der Waals surface area contributed by atoms with E-state index in [2.05, 4.69) is 10.0 Å². The molecule has 8 heteroatoms. The van der Waals surface area contributed by atoms with Crippen LogP contribution in [0.4, 0.5) is 17.1 Å². The second-order valence-electron chi connectivity index (χ2n) is 6.51. The van der Waals surface area contributed by atoms with E-state index in [9.17, 15) is 13.2 Å². The van der Waals surface area contributed by atoms with Crippen molar-refractivity contribution in [1.29, 1.82) is 0 Å². The Kier molecular flexibility index (Phi) is 6.10. The third-order valence-electron chi connectivity index (χ3n) is 4.15. The van der Waals surface area contributed by atoms with Crippen LogP contribution in [-0.4, -0.2) is 28.4 Å². The number of nitrogens with zero attached hydrogens (tertiary/aromatic N) is 1. The van der Waals surface area contributed by atoms with Crippen molar-refractivity contribution in [2.45, 2.75) is 4.90 Å². The van der Waals surface area contributed by atoms with Gasteiger partial charge in [0.25, 0.3) is 15.9 Å². The Morgan fingerprint density at radius 3 is 2.38 bits per heavy atom. The third kappa shape index (κ3) is 5.07. The van der Waals surface area contributed by atoms with Gasteiger partial charge < -0.3 is 10.2 Å². The molecule has 1 amide bonds. The fourth-order valence-electron chi connectivity index (χ4n) is 2.62. The maximum atomic E-state index is 12.7. The minimum Gasteiger partial charge on any atom is -0.378 e. The van der Waals surface area contributed by atoms with Gasteiger partial charge in [-0.15, -0.1) is 0 Å². The van der Waals surface area contributed by atoms with Crippen LogP contribution in [0.25, 0.3) is 0 Å². The first-order valence-electron chi connectivity index (χ1n) is 8.72. The lowest BCUT2D eigenvalue weighted by Gasteiger charge is -2.14. The fraction of sp³-hybridized carbons (Fsp3) is 0.0952. The highest BCUT2D eigenvalue weighted by Crippen LogP contribution is 2.25. The van der Waals surface area contributed by atoms with E-state index >= 15 is 0 Å². The van der Waals surface area contributed by atoms with Crippen molar-refractivity contribution >= 4 is 44.6 Å². The van der Waals surface area contributed by atoms with Crippen LogP contribution in [0, 0.1) is 0 Å². The molecule has 0 bridgehead atoms. The summed E-state index contributed by atoms with van der Waals surface area (Å²) in [6, 6.07) is 19.7. The largest absolute Gasteiger partial charge is 0.378 e. The Morgan fingerprint density at radius 1 is 0.931 bits per heavy atom. The summed E-state index contributed by atoms with van der Waals surface area (Å²) in [5.41, 5.74) is 2.01. The van der Waals surface area contributed by atoms with Crippen molar-refractivity contribution in [3.63, 3.8) is 0 Å². The Bertz CT molecular complexity index is 1150. The van der Waals surface area contributed by atoms with Crippen LogP contribution < -0.4 is 14.9 Å². The minimum absolute atomic E-state index is 0.0114. The first-order valence-corrected chi connectivity index (χ1v) is 10.6. The summed E-state index contributed by atoms with van der Waals surface area (Å²) in [5.74, 6) is -0.331. The van der Waals surface area contributed by atoms with Crippen LogP contribution in [0.5, 0.6) is 0 Å². The van der Waals surface area contributed by atoms with E-state index in [4.69, 9.17) is 11.6 Å². The smallest absolute Gasteiger partial charge is 0.262 e. The molecule has 0 spiro atoms. The molecule has 0 saturated heterocycles. The molecule has 2 N–H and O–H groups in total. The molecule has 0 aliphatic rings. The quantitative estimate of drug-likeness (QED) is 0.606. The second-order valence-corrected chi connectivity index (χ2v) is 8.60. The van der Waals surface area contributed by atoms with Gasteiger partial charge in [-0.3, -0.25) is 9.52 Å². The summed E-state index contributed by atoms with van der Waals surface area (Å²) in [7, 11) is -0.0966. The Labute approximate surface area is 175 Å². The van der Waals surface area contributed by atoms with E-state index in [1.807, 2.05) is 25.1 Å². The topological polar surface area (TPSA) is 78.5 Å².